The van der Waals surface area contributed by atoms with Crippen LogP contribution in [0.3, 0.4) is 0 Å². The van der Waals surface area contributed by atoms with E-state index in [1.807, 2.05) is 0 Å². The molecule has 3 aromatic rings. The Morgan fingerprint density at radius 2 is 1.48 bits per heavy atom. The minimum atomic E-state index is -0.549. The summed E-state index contributed by atoms with van der Waals surface area (Å²) in [6.07, 6.45) is 0. The molecule has 9 heteroatoms. The Hall–Kier alpha value is -4.53. The van der Waals surface area contributed by atoms with E-state index < -0.39 is 16.6 Å². The molecule has 168 valence electrons. The molecular formula is C24H22N4O5. The highest BCUT2D eigenvalue weighted by Gasteiger charge is 2.22. The number of carbonyl (C=O) groups excluding carboxylic acids is 3. The largest absolute Gasteiger partial charge is 0.372 e. The van der Waals surface area contributed by atoms with E-state index in [1.165, 1.54) is 37.3 Å². The fraction of sp³-hybridized carbons (Fsp3) is 0.125. The summed E-state index contributed by atoms with van der Waals surface area (Å²) in [6.45, 7) is 1.38. The van der Waals surface area contributed by atoms with Gasteiger partial charge >= 0.3 is 0 Å². The van der Waals surface area contributed by atoms with Crippen molar-refractivity contribution in [3.63, 3.8) is 0 Å². The normalized spacial score (nSPS) is 10.3. The summed E-state index contributed by atoms with van der Waals surface area (Å²) >= 11 is 0. The first-order chi connectivity index (χ1) is 15.7. The molecule has 0 radical (unpaired) electrons. The summed E-state index contributed by atoms with van der Waals surface area (Å²) < 4.78 is 0. The van der Waals surface area contributed by atoms with Crippen molar-refractivity contribution in [2.45, 2.75) is 6.92 Å². The van der Waals surface area contributed by atoms with Gasteiger partial charge in [0.05, 0.1) is 10.5 Å². The van der Waals surface area contributed by atoms with Crippen LogP contribution in [-0.2, 0) is 4.79 Å². The van der Waals surface area contributed by atoms with Crippen LogP contribution in [0.2, 0.25) is 0 Å². The van der Waals surface area contributed by atoms with E-state index in [1.54, 1.807) is 55.4 Å². The maximum absolute atomic E-state index is 13.2. The van der Waals surface area contributed by atoms with Crippen molar-refractivity contribution in [3.05, 3.63) is 93.5 Å². The number of nitrogens with one attached hydrogen (secondary N) is 2. The van der Waals surface area contributed by atoms with Crippen LogP contribution in [0.5, 0.6) is 0 Å². The molecule has 0 aliphatic carbocycles. The van der Waals surface area contributed by atoms with Crippen molar-refractivity contribution in [1.82, 2.24) is 0 Å². The third-order valence-corrected chi connectivity index (χ3v) is 4.77. The zero-order chi connectivity index (χ0) is 24.1. The molecule has 2 N–H and O–H groups in total. The van der Waals surface area contributed by atoms with E-state index in [0.29, 0.717) is 17.1 Å². The average Bonchev–Trinajstić information content (AvgIpc) is 2.77. The Bertz CT molecular complexity index is 1250. The van der Waals surface area contributed by atoms with Crippen molar-refractivity contribution in [2.24, 2.45) is 0 Å². The number of carbonyl (C=O) groups is 3. The van der Waals surface area contributed by atoms with E-state index in [2.05, 4.69) is 10.6 Å². The fourth-order valence-corrected chi connectivity index (χ4v) is 3.30. The van der Waals surface area contributed by atoms with Gasteiger partial charge in [0.25, 0.3) is 11.6 Å². The van der Waals surface area contributed by atoms with E-state index in [4.69, 9.17) is 0 Å². The molecule has 0 saturated carbocycles. The molecular weight excluding hydrogens is 424 g/mol. The number of hydrogen-bond donors (Lipinski definition) is 2. The number of nitro groups is 1. The van der Waals surface area contributed by atoms with Gasteiger partial charge in [0.15, 0.2) is 5.78 Å². The summed E-state index contributed by atoms with van der Waals surface area (Å²) in [5.41, 5.74) is 1.42. The molecule has 9 nitrogen and oxygen atoms in total. The van der Waals surface area contributed by atoms with Crippen molar-refractivity contribution < 1.29 is 19.3 Å². The van der Waals surface area contributed by atoms with Crippen molar-refractivity contribution in [1.29, 1.82) is 0 Å². The van der Waals surface area contributed by atoms with Crippen molar-refractivity contribution in [2.75, 3.05) is 29.6 Å². The molecule has 0 heterocycles. The molecule has 0 saturated heterocycles. The number of hydrogen-bond acceptors (Lipinski definition) is 6. The summed E-state index contributed by atoms with van der Waals surface area (Å²) in [6, 6.07) is 17.0. The summed E-state index contributed by atoms with van der Waals surface area (Å²) in [7, 11) is 3.34. The highest BCUT2D eigenvalue weighted by Crippen LogP contribution is 2.29. The van der Waals surface area contributed by atoms with Crippen molar-refractivity contribution in [3.8, 4) is 0 Å². The van der Waals surface area contributed by atoms with Gasteiger partial charge in [-0.15, -0.1) is 0 Å². The van der Waals surface area contributed by atoms with Crippen LogP contribution in [0.1, 0.15) is 33.2 Å². The lowest BCUT2D eigenvalue weighted by Gasteiger charge is -2.14. The maximum atomic E-state index is 13.2. The second-order valence-corrected chi connectivity index (χ2v) is 7.45. The Kier molecular flexibility index (Phi) is 6.82. The van der Waals surface area contributed by atoms with Crippen LogP contribution in [0.4, 0.5) is 22.7 Å². The van der Waals surface area contributed by atoms with E-state index in [-0.39, 0.29) is 28.3 Å². The molecule has 3 aromatic carbocycles. The van der Waals surface area contributed by atoms with E-state index in [0.717, 1.165) is 0 Å². The molecule has 3 rings (SSSR count). The summed E-state index contributed by atoms with van der Waals surface area (Å²) in [5.74, 6) is -1.29. The minimum Gasteiger partial charge on any atom is -0.372 e. The molecule has 0 aliphatic rings. The molecule has 0 aliphatic heterocycles. The van der Waals surface area contributed by atoms with Crippen LogP contribution in [-0.4, -0.2) is 36.6 Å². The second kappa shape index (κ2) is 9.73. The van der Waals surface area contributed by atoms with E-state index in [9.17, 15) is 24.5 Å². The minimum absolute atomic E-state index is 0.0974. The van der Waals surface area contributed by atoms with Crippen LogP contribution in [0.25, 0.3) is 0 Å². The maximum Gasteiger partial charge on any atom is 0.293 e. The first-order valence-corrected chi connectivity index (χ1v) is 9.96. The second-order valence-electron chi connectivity index (χ2n) is 7.45. The number of nitro benzene ring substituents is 1. The Labute approximate surface area is 190 Å². The summed E-state index contributed by atoms with van der Waals surface area (Å²) in [5, 5.41) is 16.8. The zero-order valence-electron chi connectivity index (χ0n) is 18.3. The predicted molar refractivity (Wildman–Crippen MR) is 126 cm³/mol. The molecule has 0 atom stereocenters. The van der Waals surface area contributed by atoms with Crippen molar-refractivity contribution >= 4 is 40.3 Å². The molecule has 33 heavy (non-hydrogen) atoms. The monoisotopic (exact) mass is 446 g/mol. The Morgan fingerprint density at radius 3 is 2.09 bits per heavy atom. The van der Waals surface area contributed by atoms with Gasteiger partial charge in [-0.05, 0) is 36.4 Å². The standard InChI is InChI=1S/C24H22N4O5/c1-15(29)25-17-7-6-8-18(14-17)26-24(31)20-10-5-4-9-19(20)23(30)16-11-12-21(27(2)3)22(13-16)28(32)33/h4-14H,1-3H3,(H,25,29)(H,26,31). The molecule has 0 bridgehead atoms. The lowest BCUT2D eigenvalue weighted by molar-refractivity contribution is -0.384. The van der Waals surface area contributed by atoms with Crippen LogP contribution in [0, 0.1) is 10.1 Å². The third-order valence-electron chi connectivity index (χ3n) is 4.77. The molecule has 0 unspecified atom stereocenters. The zero-order valence-corrected chi connectivity index (χ0v) is 18.3. The Balaban J connectivity index is 1.93. The number of nitrogens with zero attached hydrogens (tertiary/aromatic N) is 2. The van der Waals surface area contributed by atoms with Gasteiger partial charge in [0.1, 0.15) is 5.69 Å². The quantitative estimate of drug-likeness (QED) is 0.320. The molecule has 0 spiro atoms. The number of amides is 2. The first-order valence-electron chi connectivity index (χ1n) is 9.96. The molecule has 0 fully saturated rings. The van der Waals surface area contributed by atoms with Crippen LogP contribution in [0.15, 0.2) is 66.7 Å². The third kappa shape index (κ3) is 5.40. The lowest BCUT2D eigenvalue weighted by atomic mass is 9.97. The highest BCUT2D eigenvalue weighted by molar-refractivity contribution is 6.18. The molecule has 0 aromatic heterocycles. The van der Waals surface area contributed by atoms with Crippen LogP contribution >= 0.6 is 0 Å². The van der Waals surface area contributed by atoms with Gasteiger partial charge in [0.2, 0.25) is 5.91 Å². The highest BCUT2D eigenvalue weighted by atomic mass is 16.6. The summed E-state index contributed by atoms with van der Waals surface area (Å²) in [4.78, 5) is 49.9. The lowest BCUT2D eigenvalue weighted by Crippen LogP contribution is -2.17. The van der Waals surface area contributed by atoms with Gasteiger partial charge in [0, 0.05) is 49.6 Å². The molecule has 2 amide bonds. The predicted octanol–water partition coefficient (Wildman–Crippen LogP) is 4.10. The van der Waals surface area contributed by atoms with Gasteiger partial charge in [-0.1, -0.05) is 24.3 Å². The number of benzene rings is 3. The smallest absolute Gasteiger partial charge is 0.293 e. The van der Waals surface area contributed by atoms with E-state index >= 15 is 0 Å². The number of rotatable bonds is 7. The first kappa shape index (κ1) is 23.1. The number of anilines is 3. The van der Waals surface area contributed by atoms with Gasteiger partial charge in [-0.2, -0.15) is 0 Å². The van der Waals surface area contributed by atoms with Gasteiger partial charge in [-0.25, -0.2) is 0 Å². The van der Waals surface area contributed by atoms with Gasteiger partial charge < -0.3 is 15.5 Å². The number of ketones is 1. The van der Waals surface area contributed by atoms with Crippen LogP contribution < -0.4 is 15.5 Å². The SMILES string of the molecule is CC(=O)Nc1cccc(NC(=O)c2ccccc2C(=O)c2ccc(N(C)C)c([N+](=O)[O-])c2)c1. The Morgan fingerprint density at radius 1 is 0.848 bits per heavy atom. The average molecular weight is 446 g/mol. The topological polar surface area (TPSA) is 122 Å². The fourth-order valence-electron chi connectivity index (χ4n) is 3.30. The van der Waals surface area contributed by atoms with Gasteiger partial charge in [-0.3, -0.25) is 24.5 Å².